The molecule has 2 aromatic heterocycles. The minimum atomic E-state index is -0.493. The monoisotopic (exact) mass is 560 g/mol. The molecule has 3 aromatic rings. The van der Waals surface area contributed by atoms with Gasteiger partial charge in [0.25, 0.3) is 5.91 Å². The summed E-state index contributed by atoms with van der Waals surface area (Å²) in [6.45, 7) is 11.2. The molecule has 4 heterocycles. The maximum atomic E-state index is 14.3. The van der Waals surface area contributed by atoms with Crippen molar-refractivity contribution in [1.82, 2.24) is 25.2 Å². The number of carbonyl (C=O) groups is 1. The third-order valence-electron chi connectivity index (χ3n) is 8.31. The molecule has 1 saturated heterocycles. The number of pyridine rings is 1. The molecule has 1 aromatic carbocycles. The van der Waals surface area contributed by atoms with Gasteiger partial charge in [0.1, 0.15) is 29.7 Å². The van der Waals surface area contributed by atoms with Gasteiger partial charge < -0.3 is 24.6 Å². The van der Waals surface area contributed by atoms with E-state index in [2.05, 4.69) is 25.2 Å². The maximum absolute atomic E-state index is 14.3. The number of aromatic nitrogens is 3. The lowest BCUT2D eigenvalue weighted by Crippen LogP contribution is -2.65. The van der Waals surface area contributed by atoms with Gasteiger partial charge in [-0.2, -0.15) is 0 Å². The molecule has 3 aliphatic rings. The maximum Gasteiger partial charge on any atom is 0.258 e. The van der Waals surface area contributed by atoms with Crippen LogP contribution in [0.1, 0.15) is 62.2 Å². The van der Waals surface area contributed by atoms with Gasteiger partial charge in [-0.15, -0.1) is 0 Å². The molecule has 9 nitrogen and oxygen atoms in total. The van der Waals surface area contributed by atoms with Crippen LogP contribution in [0.2, 0.25) is 0 Å². The highest BCUT2D eigenvalue weighted by atomic mass is 19.1. The van der Waals surface area contributed by atoms with E-state index in [1.807, 2.05) is 40.0 Å². The zero-order valence-corrected chi connectivity index (χ0v) is 24.1. The van der Waals surface area contributed by atoms with Crippen LogP contribution in [0, 0.1) is 11.2 Å². The largest absolute Gasteiger partial charge is 0.490 e. The van der Waals surface area contributed by atoms with E-state index >= 15 is 0 Å². The van der Waals surface area contributed by atoms with Gasteiger partial charge >= 0.3 is 0 Å². The third-order valence-corrected chi connectivity index (χ3v) is 8.31. The third kappa shape index (κ3) is 5.32. The average Bonchev–Trinajstić information content (AvgIpc) is 2.90. The van der Waals surface area contributed by atoms with E-state index in [0.717, 1.165) is 56.9 Å². The summed E-state index contributed by atoms with van der Waals surface area (Å²) < 4.78 is 26.9. The number of anilines is 1. The topological polar surface area (TPSA) is 92.7 Å². The molecule has 2 aliphatic heterocycles. The summed E-state index contributed by atoms with van der Waals surface area (Å²) in [4.78, 5) is 30.6. The fourth-order valence-corrected chi connectivity index (χ4v) is 6.49. The molecule has 10 heteroatoms. The van der Waals surface area contributed by atoms with Crippen LogP contribution in [-0.2, 0) is 13.0 Å². The molecule has 1 N–H and O–H groups in total. The number of nitrogens with one attached hydrogen (secondary N) is 1. The molecule has 41 heavy (non-hydrogen) atoms. The van der Waals surface area contributed by atoms with Crippen LogP contribution in [-0.4, -0.2) is 63.6 Å². The number of rotatable bonds is 8. The molecular weight excluding hydrogens is 523 g/mol. The summed E-state index contributed by atoms with van der Waals surface area (Å²) in [6, 6.07) is 5.90. The Balaban J connectivity index is 1.13. The molecule has 0 unspecified atom stereocenters. The van der Waals surface area contributed by atoms with Crippen LogP contribution in [0.3, 0.4) is 0 Å². The van der Waals surface area contributed by atoms with Gasteiger partial charge in [0.2, 0.25) is 0 Å². The lowest BCUT2D eigenvalue weighted by molar-refractivity contribution is -0.0349. The number of ether oxygens (including phenoxy) is 2. The zero-order chi connectivity index (χ0) is 28.7. The second-order valence-corrected chi connectivity index (χ2v) is 12.0. The number of hydrogen-bond acceptors (Lipinski definition) is 8. The molecule has 1 saturated carbocycles. The number of carbonyl (C=O) groups excluding carboxylic acids is 1. The van der Waals surface area contributed by atoms with Gasteiger partial charge in [-0.05, 0) is 64.8 Å². The second kappa shape index (κ2) is 10.9. The van der Waals surface area contributed by atoms with Crippen LogP contribution >= 0.6 is 0 Å². The van der Waals surface area contributed by atoms with Crippen molar-refractivity contribution in [2.75, 3.05) is 24.5 Å². The Hall–Kier alpha value is -3.79. The zero-order valence-electron chi connectivity index (χ0n) is 24.1. The van der Waals surface area contributed by atoms with Gasteiger partial charge in [-0.3, -0.25) is 9.78 Å². The number of nitrogens with zero attached hydrogens (tertiary/aromatic N) is 5. The van der Waals surface area contributed by atoms with Gasteiger partial charge in [0, 0.05) is 67.6 Å². The summed E-state index contributed by atoms with van der Waals surface area (Å²) in [5.74, 6) is 1.55. The van der Waals surface area contributed by atoms with Crippen molar-refractivity contribution in [1.29, 1.82) is 0 Å². The van der Waals surface area contributed by atoms with E-state index in [4.69, 9.17) is 9.47 Å². The number of hydrogen-bond donors (Lipinski definition) is 1. The Morgan fingerprint density at radius 1 is 1.10 bits per heavy atom. The van der Waals surface area contributed by atoms with E-state index in [1.165, 1.54) is 30.1 Å². The fraction of sp³-hybridized carbons (Fsp3) is 0.484. The minimum absolute atomic E-state index is 0.0533. The van der Waals surface area contributed by atoms with E-state index < -0.39 is 5.82 Å². The first-order valence-electron chi connectivity index (χ1n) is 14.4. The number of fused-ring (bicyclic) bond motifs is 1. The highest BCUT2D eigenvalue weighted by Crippen LogP contribution is 2.52. The molecule has 0 atom stereocenters. The van der Waals surface area contributed by atoms with Crippen LogP contribution in [0.4, 0.5) is 10.2 Å². The first-order chi connectivity index (χ1) is 19.7. The van der Waals surface area contributed by atoms with Crippen molar-refractivity contribution in [3.63, 3.8) is 0 Å². The molecule has 2 fully saturated rings. The highest BCUT2D eigenvalue weighted by Gasteiger charge is 2.54. The molecular formula is C31H37FN6O3. The van der Waals surface area contributed by atoms with Crippen molar-refractivity contribution >= 4 is 11.7 Å². The smallest absolute Gasteiger partial charge is 0.258 e. The number of benzene rings is 1. The Morgan fingerprint density at radius 3 is 2.63 bits per heavy atom. The molecule has 6 rings (SSSR count). The summed E-state index contributed by atoms with van der Waals surface area (Å²) in [5.41, 5.74) is 2.68. The molecule has 0 bridgehead atoms. The van der Waals surface area contributed by atoms with E-state index in [-0.39, 0.29) is 40.8 Å². The van der Waals surface area contributed by atoms with Gasteiger partial charge in [0.15, 0.2) is 11.6 Å². The van der Waals surface area contributed by atoms with Crippen molar-refractivity contribution in [3.05, 3.63) is 65.6 Å². The number of halogens is 1. The minimum Gasteiger partial charge on any atom is -0.490 e. The van der Waals surface area contributed by atoms with E-state index in [1.54, 1.807) is 11.1 Å². The summed E-state index contributed by atoms with van der Waals surface area (Å²) in [5, 5.41) is 3.41. The van der Waals surface area contributed by atoms with Crippen molar-refractivity contribution in [2.24, 2.45) is 5.41 Å². The van der Waals surface area contributed by atoms with Gasteiger partial charge in [-0.25, -0.2) is 14.4 Å². The molecule has 1 aliphatic carbocycles. The number of amides is 1. The Labute approximate surface area is 240 Å². The molecule has 1 spiro atoms. The SMILES string of the molecule is CC(C)N(C(=O)c1cc(F)ccc1Oc1cncnc1N1CC2(CC(Oc3ccnc4c3CNCC4)C2)C1)C(C)C. The lowest BCUT2D eigenvalue weighted by atomic mass is 9.61. The second-order valence-electron chi connectivity index (χ2n) is 12.0. The lowest BCUT2D eigenvalue weighted by Gasteiger charge is -2.59. The van der Waals surface area contributed by atoms with Crippen molar-refractivity contribution < 1.29 is 18.7 Å². The van der Waals surface area contributed by atoms with Gasteiger partial charge in [-0.1, -0.05) is 0 Å². The van der Waals surface area contributed by atoms with Crippen molar-refractivity contribution in [3.8, 4) is 17.2 Å². The summed E-state index contributed by atoms with van der Waals surface area (Å²) in [6.07, 6.45) is 8.01. The average molecular weight is 561 g/mol. The first kappa shape index (κ1) is 27.4. The highest BCUT2D eigenvalue weighted by molar-refractivity contribution is 5.97. The van der Waals surface area contributed by atoms with E-state index in [0.29, 0.717) is 11.6 Å². The Bertz CT molecular complexity index is 1430. The Kier molecular flexibility index (Phi) is 7.27. The predicted octanol–water partition coefficient (Wildman–Crippen LogP) is 4.76. The standard InChI is InChI=1S/C31H37FN6O3/c1-19(2)38(20(3)4)30(39)23-11-21(32)5-6-26(23)41-28-15-34-18-36-29(28)37-16-31(17-37)12-22(13-31)40-27-8-10-35-25-7-9-33-14-24(25)27/h5-6,8,10-11,15,18-20,22,33H,7,9,12-14,16-17H2,1-4H3. The summed E-state index contributed by atoms with van der Waals surface area (Å²) >= 11 is 0. The van der Waals surface area contributed by atoms with E-state index in [9.17, 15) is 9.18 Å². The molecule has 1 amide bonds. The molecule has 0 radical (unpaired) electrons. The van der Waals surface area contributed by atoms with Crippen LogP contribution < -0.4 is 19.7 Å². The normalized spacial score (nSPS) is 17.7. The van der Waals surface area contributed by atoms with Crippen LogP contribution in [0.25, 0.3) is 0 Å². The quantitative estimate of drug-likeness (QED) is 0.422. The van der Waals surface area contributed by atoms with Crippen molar-refractivity contribution in [2.45, 2.75) is 71.7 Å². The summed E-state index contributed by atoms with van der Waals surface area (Å²) in [7, 11) is 0. The van der Waals surface area contributed by atoms with Gasteiger partial charge in [0.05, 0.1) is 11.8 Å². The first-order valence-corrected chi connectivity index (χ1v) is 14.4. The fourth-order valence-electron chi connectivity index (χ4n) is 6.49. The molecule has 216 valence electrons. The Morgan fingerprint density at radius 2 is 1.88 bits per heavy atom. The van der Waals surface area contributed by atoms with Crippen LogP contribution in [0.5, 0.6) is 17.2 Å². The predicted molar refractivity (Wildman–Crippen MR) is 153 cm³/mol. The van der Waals surface area contributed by atoms with Crippen LogP contribution in [0.15, 0.2) is 43.0 Å².